The van der Waals surface area contributed by atoms with Gasteiger partial charge < -0.3 is 5.32 Å². The molecule has 1 N–H and O–H groups in total. The molecule has 0 heterocycles. The Morgan fingerprint density at radius 2 is 2.28 bits per heavy atom. The van der Waals surface area contributed by atoms with Crippen molar-refractivity contribution in [1.82, 2.24) is 0 Å². The Hall–Kier alpha value is -1.82. The van der Waals surface area contributed by atoms with Crippen LogP contribution in [0.25, 0.3) is 0 Å². The van der Waals surface area contributed by atoms with Crippen molar-refractivity contribution in [2.45, 2.75) is 32.6 Å². The predicted octanol–water partition coefficient (Wildman–Crippen LogP) is 3.27. The number of nitrogens with one attached hydrogen (secondary N) is 1. The summed E-state index contributed by atoms with van der Waals surface area (Å²) in [6, 6.07) is 4.34. The Labute approximate surface area is 107 Å². The van der Waals surface area contributed by atoms with Crippen molar-refractivity contribution in [1.29, 1.82) is 0 Å². The van der Waals surface area contributed by atoms with Crippen molar-refractivity contribution in [2.24, 2.45) is 5.41 Å². The molecule has 0 aromatic heterocycles. The summed E-state index contributed by atoms with van der Waals surface area (Å²) in [5, 5.41) is 2.86. The third kappa shape index (κ3) is 2.24. The highest BCUT2D eigenvalue weighted by atomic mass is 19.1. The molecule has 18 heavy (non-hydrogen) atoms. The molecule has 0 radical (unpaired) electrons. The number of halogens is 1. The number of carbonyl (C=O) groups is 1. The maximum Gasteiger partial charge on any atom is 0.231 e. The van der Waals surface area contributed by atoms with Gasteiger partial charge in [-0.1, -0.05) is 6.42 Å². The van der Waals surface area contributed by atoms with Gasteiger partial charge in [0, 0.05) is 12.1 Å². The molecule has 3 heteroatoms. The Morgan fingerprint density at radius 1 is 1.56 bits per heavy atom. The molecule has 0 bridgehead atoms. The zero-order chi connectivity index (χ0) is 13.2. The average Bonchev–Trinajstić information content (AvgIpc) is 2.27. The van der Waals surface area contributed by atoms with E-state index in [2.05, 4.69) is 11.2 Å². The minimum absolute atomic E-state index is 0.0404. The SMILES string of the molecule is C#CCC1(C(=O)Nc2ccc(F)cc2C)CCC1. The lowest BCUT2D eigenvalue weighted by molar-refractivity contribution is -0.129. The van der Waals surface area contributed by atoms with Crippen molar-refractivity contribution in [3.63, 3.8) is 0 Å². The first-order chi connectivity index (χ1) is 8.57. The molecular weight excluding hydrogens is 229 g/mol. The first-order valence-corrected chi connectivity index (χ1v) is 6.08. The van der Waals surface area contributed by atoms with Crippen molar-refractivity contribution in [3.8, 4) is 12.3 Å². The fraction of sp³-hybridized carbons (Fsp3) is 0.400. The number of rotatable bonds is 3. The number of benzene rings is 1. The Kier molecular flexibility index (Phi) is 3.38. The van der Waals surface area contributed by atoms with Gasteiger partial charge in [-0.15, -0.1) is 12.3 Å². The van der Waals surface area contributed by atoms with Gasteiger partial charge >= 0.3 is 0 Å². The van der Waals surface area contributed by atoms with E-state index in [0.29, 0.717) is 12.1 Å². The van der Waals surface area contributed by atoms with Crippen LogP contribution in [0, 0.1) is 30.5 Å². The Bertz CT molecular complexity index is 512. The standard InChI is InChI=1S/C15H16FNO/c1-3-7-15(8-4-9-15)14(18)17-13-6-5-12(16)10-11(13)2/h1,5-6,10H,4,7-9H2,2H3,(H,17,18). The third-order valence-electron chi connectivity index (χ3n) is 3.67. The molecule has 1 aliphatic rings. The van der Waals surface area contributed by atoms with Crippen molar-refractivity contribution < 1.29 is 9.18 Å². The van der Waals surface area contributed by atoms with Gasteiger partial charge in [0.05, 0.1) is 5.41 Å². The molecule has 2 rings (SSSR count). The van der Waals surface area contributed by atoms with Gasteiger partial charge in [0.15, 0.2) is 0 Å². The normalized spacial score (nSPS) is 16.5. The molecule has 1 amide bonds. The zero-order valence-corrected chi connectivity index (χ0v) is 10.4. The van der Waals surface area contributed by atoms with Crippen LogP contribution in [-0.2, 0) is 4.79 Å². The molecule has 0 spiro atoms. The maximum atomic E-state index is 13.0. The van der Waals surface area contributed by atoms with E-state index in [9.17, 15) is 9.18 Å². The highest BCUT2D eigenvalue weighted by molar-refractivity contribution is 5.96. The molecule has 0 atom stereocenters. The fourth-order valence-corrected chi connectivity index (χ4v) is 2.31. The monoisotopic (exact) mass is 245 g/mol. The van der Waals surface area contributed by atoms with E-state index in [1.807, 2.05) is 0 Å². The van der Waals surface area contributed by atoms with Crippen molar-refractivity contribution in [3.05, 3.63) is 29.6 Å². The summed E-state index contributed by atoms with van der Waals surface area (Å²) >= 11 is 0. The maximum absolute atomic E-state index is 13.0. The summed E-state index contributed by atoms with van der Waals surface area (Å²) in [4.78, 5) is 12.2. The van der Waals surface area contributed by atoms with Crippen LogP contribution in [0.3, 0.4) is 0 Å². The number of terminal acetylenes is 1. The first-order valence-electron chi connectivity index (χ1n) is 6.08. The lowest BCUT2D eigenvalue weighted by atomic mass is 9.66. The number of hydrogen-bond donors (Lipinski definition) is 1. The van der Waals surface area contributed by atoms with E-state index in [1.165, 1.54) is 12.1 Å². The summed E-state index contributed by atoms with van der Waals surface area (Å²) in [6.45, 7) is 1.77. The van der Waals surface area contributed by atoms with Crippen LogP contribution in [0.4, 0.5) is 10.1 Å². The van der Waals surface area contributed by atoms with Gasteiger partial charge in [0.2, 0.25) is 5.91 Å². The van der Waals surface area contributed by atoms with Gasteiger partial charge in [-0.05, 0) is 43.5 Å². The van der Waals surface area contributed by atoms with Gasteiger partial charge in [0.25, 0.3) is 0 Å². The second-order valence-corrected chi connectivity index (χ2v) is 4.93. The van der Waals surface area contributed by atoms with Crippen LogP contribution in [0.15, 0.2) is 18.2 Å². The Morgan fingerprint density at radius 3 is 2.78 bits per heavy atom. The van der Waals surface area contributed by atoms with Gasteiger partial charge in [0.1, 0.15) is 5.82 Å². The molecule has 1 aromatic rings. The van der Waals surface area contributed by atoms with E-state index in [-0.39, 0.29) is 11.7 Å². The largest absolute Gasteiger partial charge is 0.325 e. The number of hydrogen-bond acceptors (Lipinski definition) is 1. The summed E-state index contributed by atoms with van der Waals surface area (Å²) in [6.07, 6.45) is 8.51. The number of amides is 1. The topological polar surface area (TPSA) is 29.1 Å². The predicted molar refractivity (Wildman–Crippen MR) is 69.5 cm³/mol. The van der Waals surface area contributed by atoms with Crippen LogP contribution in [0.1, 0.15) is 31.2 Å². The number of aryl methyl sites for hydroxylation is 1. The van der Waals surface area contributed by atoms with Crippen LogP contribution >= 0.6 is 0 Å². The third-order valence-corrected chi connectivity index (χ3v) is 3.67. The van der Waals surface area contributed by atoms with Crippen LogP contribution in [-0.4, -0.2) is 5.91 Å². The summed E-state index contributed by atoms with van der Waals surface area (Å²) in [7, 11) is 0. The summed E-state index contributed by atoms with van der Waals surface area (Å²) < 4.78 is 13.0. The summed E-state index contributed by atoms with van der Waals surface area (Å²) in [5.74, 6) is 2.24. The minimum atomic E-state index is -0.407. The van der Waals surface area contributed by atoms with Crippen LogP contribution < -0.4 is 5.32 Å². The molecule has 0 unspecified atom stereocenters. The molecule has 0 saturated heterocycles. The van der Waals surface area contributed by atoms with Gasteiger partial charge in [-0.3, -0.25) is 4.79 Å². The lowest BCUT2D eigenvalue weighted by Crippen LogP contribution is -2.41. The molecule has 1 aliphatic carbocycles. The highest BCUT2D eigenvalue weighted by Crippen LogP contribution is 2.44. The quantitative estimate of drug-likeness (QED) is 0.814. The number of carbonyl (C=O) groups excluding carboxylic acids is 1. The zero-order valence-electron chi connectivity index (χ0n) is 10.4. The highest BCUT2D eigenvalue weighted by Gasteiger charge is 2.43. The van der Waals surface area contributed by atoms with E-state index in [0.717, 1.165) is 24.8 Å². The average molecular weight is 245 g/mol. The van der Waals surface area contributed by atoms with E-state index in [1.54, 1.807) is 13.0 Å². The second-order valence-electron chi connectivity index (χ2n) is 4.93. The molecule has 94 valence electrons. The molecule has 1 saturated carbocycles. The van der Waals surface area contributed by atoms with Crippen LogP contribution in [0.5, 0.6) is 0 Å². The minimum Gasteiger partial charge on any atom is -0.325 e. The molecule has 0 aliphatic heterocycles. The van der Waals surface area contributed by atoms with Crippen molar-refractivity contribution in [2.75, 3.05) is 5.32 Å². The molecule has 1 aromatic carbocycles. The fourth-order valence-electron chi connectivity index (χ4n) is 2.31. The van der Waals surface area contributed by atoms with Crippen molar-refractivity contribution >= 4 is 11.6 Å². The van der Waals surface area contributed by atoms with Gasteiger partial charge in [-0.25, -0.2) is 4.39 Å². The number of anilines is 1. The second kappa shape index (κ2) is 4.81. The van der Waals surface area contributed by atoms with Gasteiger partial charge in [-0.2, -0.15) is 0 Å². The first kappa shape index (κ1) is 12.6. The Balaban J connectivity index is 2.14. The van der Waals surface area contributed by atoms with E-state index >= 15 is 0 Å². The summed E-state index contributed by atoms with van der Waals surface area (Å²) in [5.41, 5.74) is 0.971. The van der Waals surface area contributed by atoms with Crippen LogP contribution in [0.2, 0.25) is 0 Å². The van der Waals surface area contributed by atoms with E-state index in [4.69, 9.17) is 6.42 Å². The molecular formula is C15H16FNO. The molecule has 2 nitrogen and oxygen atoms in total. The van der Waals surface area contributed by atoms with E-state index < -0.39 is 5.41 Å². The lowest BCUT2D eigenvalue weighted by Gasteiger charge is -2.38. The molecule has 1 fully saturated rings. The smallest absolute Gasteiger partial charge is 0.231 e.